The minimum absolute atomic E-state index is 0.129. The number of nitrogens with one attached hydrogen (secondary N) is 1. The van der Waals surface area contributed by atoms with E-state index < -0.39 is 0 Å². The Morgan fingerprint density at radius 1 is 1.20 bits per heavy atom. The monoisotopic (exact) mass is 283 g/mol. The van der Waals surface area contributed by atoms with Crippen LogP contribution in [0, 0.1) is 5.41 Å². The molecule has 20 heavy (non-hydrogen) atoms. The van der Waals surface area contributed by atoms with Gasteiger partial charge in [-0.05, 0) is 39.5 Å². The lowest BCUT2D eigenvalue weighted by atomic mass is 9.78. The van der Waals surface area contributed by atoms with E-state index in [-0.39, 0.29) is 11.3 Å². The summed E-state index contributed by atoms with van der Waals surface area (Å²) in [6.45, 7) is 9.08. The molecular weight excluding hydrogens is 250 g/mol. The van der Waals surface area contributed by atoms with Gasteiger partial charge >= 0.3 is 0 Å². The largest absolute Gasteiger partial charge is 0.329 e. The second-order valence-corrected chi connectivity index (χ2v) is 6.46. The summed E-state index contributed by atoms with van der Waals surface area (Å²) in [5, 5.41) is 2.15. The van der Waals surface area contributed by atoms with E-state index in [1.807, 2.05) is 0 Å². The van der Waals surface area contributed by atoms with E-state index in [1.165, 1.54) is 6.42 Å². The second-order valence-electron chi connectivity index (χ2n) is 6.46. The van der Waals surface area contributed by atoms with Crippen LogP contribution in [-0.4, -0.2) is 29.5 Å². The Morgan fingerprint density at radius 3 is 2.10 bits per heavy atom. The smallest absolute Gasteiger partial charge is 0.241 e. The van der Waals surface area contributed by atoms with Gasteiger partial charge in [0.25, 0.3) is 0 Å². The molecule has 0 spiro atoms. The van der Waals surface area contributed by atoms with Crippen LogP contribution >= 0.6 is 0 Å². The second kappa shape index (κ2) is 7.99. The normalized spacial score (nSPS) is 24.6. The number of amides is 1. The van der Waals surface area contributed by atoms with Crippen LogP contribution in [0.15, 0.2) is 0 Å². The Balaban J connectivity index is 2.78. The molecule has 3 N–H and O–H groups in total. The quantitative estimate of drug-likeness (QED) is 0.755. The number of hydrogen-bond acceptors (Lipinski definition) is 3. The average Bonchev–Trinajstić information content (AvgIpc) is 2.42. The summed E-state index contributed by atoms with van der Waals surface area (Å²) in [5.74, 6) is 0.129. The molecule has 1 saturated heterocycles. The van der Waals surface area contributed by atoms with Crippen molar-refractivity contribution in [2.75, 3.05) is 6.54 Å². The first-order valence-corrected chi connectivity index (χ1v) is 8.30. The molecule has 0 aliphatic carbocycles. The van der Waals surface area contributed by atoms with E-state index in [0.29, 0.717) is 18.6 Å². The van der Waals surface area contributed by atoms with Gasteiger partial charge in [-0.25, -0.2) is 5.01 Å². The summed E-state index contributed by atoms with van der Waals surface area (Å²) in [5.41, 5.74) is 8.78. The Hall–Kier alpha value is -0.610. The Bertz CT molecular complexity index is 290. The van der Waals surface area contributed by atoms with Crippen LogP contribution in [0.3, 0.4) is 0 Å². The van der Waals surface area contributed by atoms with Crippen molar-refractivity contribution in [2.45, 2.75) is 84.7 Å². The Morgan fingerprint density at radius 2 is 1.70 bits per heavy atom. The summed E-state index contributed by atoms with van der Waals surface area (Å²) < 4.78 is 0. The van der Waals surface area contributed by atoms with Gasteiger partial charge in [0.2, 0.25) is 5.91 Å². The first-order chi connectivity index (χ1) is 9.50. The Kier molecular flexibility index (Phi) is 6.96. The molecule has 1 aliphatic rings. The molecule has 2 atom stereocenters. The molecule has 118 valence electrons. The van der Waals surface area contributed by atoms with E-state index in [9.17, 15) is 4.79 Å². The predicted octanol–water partition coefficient (Wildman–Crippen LogP) is 2.83. The first-order valence-electron chi connectivity index (χ1n) is 8.30. The lowest BCUT2D eigenvalue weighted by Crippen LogP contribution is -2.58. The Labute approximate surface area is 124 Å². The van der Waals surface area contributed by atoms with Gasteiger partial charge in [0.1, 0.15) is 0 Å². The van der Waals surface area contributed by atoms with Gasteiger partial charge in [0, 0.05) is 18.6 Å². The van der Waals surface area contributed by atoms with E-state index in [2.05, 4.69) is 38.1 Å². The fourth-order valence-electron chi connectivity index (χ4n) is 3.48. The van der Waals surface area contributed by atoms with Crippen molar-refractivity contribution in [1.29, 1.82) is 0 Å². The maximum absolute atomic E-state index is 12.8. The molecule has 0 radical (unpaired) electrons. The van der Waals surface area contributed by atoms with Crippen LogP contribution < -0.4 is 11.2 Å². The van der Waals surface area contributed by atoms with E-state index in [0.717, 1.165) is 38.5 Å². The summed E-state index contributed by atoms with van der Waals surface area (Å²) in [6.07, 6.45) is 7.30. The number of hydrogen-bond donors (Lipinski definition) is 2. The van der Waals surface area contributed by atoms with Crippen molar-refractivity contribution >= 4 is 5.91 Å². The number of nitrogens with zero attached hydrogens (tertiary/aromatic N) is 1. The predicted molar refractivity (Wildman–Crippen MR) is 84.1 cm³/mol. The number of carbonyl (C=O) groups is 1. The molecule has 4 heteroatoms. The fraction of sp³-hybridized carbons (Fsp3) is 0.938. The zero-order valence-electron chi connectivity index (χ0n) is 13.7. The summed E-state index contributed by atoms with van der Waals surface area (Å²) in [6, 6.07) is 0.836. The minimum Gasteiger partial charge on any atom is -0.329 e. The minimum atomic E-state index is -0.389. The standard InChI is InChI=1S/C16H33N3O/c1-5-10-16(12-17,11-6-2)15(20)18-19-13(3)8-7-9-14(19)4/h13-14H,5-12,17H2,1-4H3,(H,18,20). The van der Waals surface area contributed by atoms with Crippen LogP contribution in [-0.2, 0) is 4.79 Å². The number of nitrogens with two attached hydrogens (primary N) is 1. The molecule has 1 amide bonds. The van der Waals surface area contributed by atoms with Gasteiger partial charge in [-0.2, -0.15) is 0 Å². The average molecular weight is 283 g/mol. The lowest BCUT2D eigenvalue weighted by molar-refractivity contribution is -0.140. The van der Waals surface area contributed by atoms with Crippen LogP contribution in [0.5, 0.6) is 0 Å². The van der Waals surface area contributed by atoms with Gasteiger partial charge in [-0.1, -0.05) is 33.1 Å². The maximum atomic E-state index is 12.8. The first kappa shape index (κ1) is 17.4. The molecule has 0 aromatic rings. The van der Waals surface area contributed by atoms with Crippen LogP contribution in [0.2, 0.25) is 0 Å². The molecule has 1 aliphatic heterocycles. The molecular formula is C16H33N3O. The highest BCUT2D eigenvalue weighted by atomic mass is 16.2. The summed E-state index contributed by atoms with van der Waals surface area (Å²) in [4.78, 5) is 12.8. The number of rotatable bonds is 7. The highest BCUT2D eigenvalue weighted by molar-refractivity contribution is 5.82. The molecule has 0 aromatic heterocycles. The third-order valence-electron chi connectivity index (χ3n) is 4.75. The number of carbonyl (C=O) groups excluding carboxylic acids is 1. The van der Waals surface area contributed by atoms with Crippen molar-refractivity contribution in [3.05, 3.63) is 0 Å². The van der Waals surface area contributed by atoms with Crippen molar-refractivity contribution < 1.29 is 4.79 Å². The zero-order chi connectivity index (χ0) is 15.2. The highest BCUT2D eigenvalue weighted by Crippen LogP contribution is 2.30. The third kappa shape index (κ3) is 3.95. The van der Waals surface area contributed by atoms with E-state index >= 15 is 0 Å². The number of piperidine rings is 1. The lowest BCUT2D eigenvalue weighted by Gasteiger charge is -2.41. The molecule has 0 saturated carbocycles. The van der Waals surface area contributed by atoms with Crippen LogP contribution in [0.4, 0.5) is 0 Å². The molecule has 1 heterocycles. The van der Waals surface area contributed by atoms with Crippen LogP contribution in [0.25, 0.3) is 0 Å². The molecule has 4 nitrogen and oxygen atoms in total. The SMILES string of the molecule is CCCC(CN)(CCC)C(=O)NN1C(C)CCCC1C. The van der Waals surface area contributed by atoms with E-state index in [4.69, 9.17) is 5.73 Å². The molecule has 1 rings (SSSR count). The van der Waals surface area contributed by atoms with Crippen molar-refractivity contribution in [3.8, 4) is 0 Å². The van der Waals surface area contributed by atoms with Gasteiger partial charge in [0.05, 0.1) is 5.41 Å². The van der Waals surface area contributed by atoms with E-state index in [1.54, 1.807) is 0 Å². The maximum Gasteiger partial charge on any atom is 0.241 e. The number of hydrazine groups is 1. The molecule has 0 bridgehead atoms. The zero-order valence-corrected chi connectivity index (χ0v) is 13.7. The van der Waals surface area contributed by atoms with Crippen molar-refractivity contribution in [3.63, 3.8) is 0 Å². The van der Waals surface area contributed by atoms with Gasteiger partial charge in [0.15, 0.2) is 0 Å². The van der Waals surface area contributed by atoms with Gasteiger partial charge in [-0.15, -0.1) is 0 Å². The highest BCUT2D eigenvalue weighted by Gasteiger charge is 2.38. The molecule has 1 fully saturated rings. The van der Waals surface area contributed by atoms with Crippen molar-refractivity contribution in [1.82, 2.24) is 10.4 Å². The molecule has 2 unspecified atom stereocenters. The molecule has 0 aromatic carbocycles. The van der Waals surface area contributed by atoms with Crippen molar-refractivity contribution in [2.24, 2.45) is 11.1 Å². The van der Waals surface area contributed by atoms with Crippen LogP contribution in [0.1, 0.15) is 72.6 Å². The summed E-state index contributed by atoms with van der Waals surface area (Å²) in [7, 11) is 0. The van der Waals surface area contributed by atoms with Gasteiger partial charge in [-0.3, -0.25) is 10.2 Å². The topological polar surface area (TPSA) is 58.4 Å². The van der Waals surface area contributed by atoms with Gasteiger partial charge < -0.3 is 5.73 Å². The fourth-order valence-corrected chi connectivity index (χ4v) is 3.48. The third-order valence-corrected chi connectivity index (χ3v) is 4.75. The summed E-state index contributed by atoms with van der Waals surface area (Å²) >= 11 is 0.